The van der Waals surface area contributed by atoms with Crippen molar-refractivity contribution < 1.29 is 19.2 Å². The van der Waals surface area contributed by atoms with Gasteiger partial charge in [0.25, 0.3) is 5.91 Å². The van der Waals surface area contributed by atoms with Crippen LogP contribution in [0, 0.1) is 13.8 Å². The lowest BCUT2D eigenvalue weighted by molar-refractivity contribution is -0.139. The zero-order valence-corrected chi connectivity index (χ0v) is 16.1. The molecule has 1 aromatic heterocycles. The lowest BCUT2D eigenvalue weighted by Crippen LogP contribution is -2.40. The van der Waals surface area contributed by atoms with Crippen LogP contribution in [0.4, 0.5) is 0 Å². The molecule has 7 heteroatoms. The molecule has 140 valence electrons. The summed E-state index contributed by atoms with van der Waals surface area (Å²) in [4.78, 5) is 24.8. The third-order valence-corrected chi connectivity index (χ3v) is 5.23. The predicted molar refractivity (Wildman–Crippen MR) is 100 cm³/mol. The predicted octanol–water partition coefficient (Wildman–Crippen LogP) is 3.96. The van der Waals surface area contributed by atoms with Gasteiger partial charge in [-0.3, -0.25) is 4.79 Å². The fourth-order valence-electron chi connectivity index (χ4n) is 2.54. The van der Waals surface area contributed by atoms with Crippen LogP contribution in [0.25, 0.3) is 0 Å². The van der Waals surface area contributed by atoms with Crippen LogP contribution in [0.5, 0.6) is 0 Å². The number of aryl methyl sites for hydroxylation is 2. The zero-order chi connectivity index (χ0) is 19.1. The van der Waals surface area contributed by atoms with Gasteiger partial charge in [0, 0.05) is 16.2 Å². The van der Waals surface area contributed by atoms with Crippen LogP contribution >= 0.6 is 11.8 Å². The second kappa shape index (κ2) is 9.43. The van der Waals surface area contributed by atoms with E-state index in [2.05, 4.69) is 10.5 Å². The summed E-state index contributed by atoms with van der Waals surface area (Å²) in [6, 6.07) is 6.33. The number of hydrogen-bond donors (Lipinski definition) is 2. The third-order valence-electron chi connectivity index (χ3n) is 4.13. The quantitative estimate of drug-likeness (QED) is 0.644. The number of thioether (sulfide) groups is 1. The number of aromatic nitrogens is 1. The highest BCUT2D eigenvalue weighted by Gasteiger charge is 2.21. The van der Waals surface area contributed by atoms with Crippen molar-refractivity contribution in [1.82, 2.24) is 10.5 Å². The molecule has 0 aliphatic heterocycles. The van der Waals surface area contributed by atoms with Gasteiger partial charge in [0.15, 0.2) is 0 Å². The van der Waals surface area contributed by atoms with E-state index in [1.807, 2.05) is 32.9 Å². The van der Waals surface area contributed by atoms with Crippen molar-refractivity contribution in [3.8, 4) is 0 Å². The van der Waals surface area contributed by atoms with E-state index in [0.717, 1.165) is 34.8 Å². The molecule has 1 unspecified atom stereocenters. The van der Waals surface area contributed by atoms with E-state index < -0.39 is 12.0 Å². The number of carbonyl (C=O) groups is 2. The number of aliphatic carboxylic acids is 1. The number of amides is 1. The number of carboxylic acid groups (broad SMARTS) is 1. The van der Waals surface area contributed by atoms with Crippen LogP contribution in [-0.2, 0) is 10.5 Å². The van der Waals surface area contributed by atoms with Crippen LogP contribution in [0.1, 0.15) is 53.6 Å². The maximum atomic E-state index is 12.6. The summed E-state index contributed by atoms with van der Waals surface area (Å²) >= 11 is 1.51. The molecular formula is C19H24N2O4S. The van der Waals surface area contributed by atoms with Gasteiger partial charge in [0.2, 0.25) is 0 Å². The third kappa shape index (κ3) is 5.11. The smallest absolute Gasteiger partial charge is 0.326 e. The lowest BCUT2D eigenvalue weighted by atomic mass is 10.1. The summed E-state index contributed by atoms with van der Waals surface area (Å²) in [7, 11) is 0. The maximum absolute atomic E-state index is 12.6. The molecule has 0 radical (unpaired) electrons. The Morgan fingerprint density at radius 3 is 2.65 bits per heavy atom. The van der Waals surface area contributed by atoms with Crippen molar-refractivity contribution in [3.05, 3.63) is 46.8 Å². The van der Waals surface area contributed by atoms with E-state index in [9.17, 15) is 14.7 Å². The number of rotatable bonds is 9. The van der Waals surface area contributed by atoms with Gasteiger partial charge in [-0.15, -0.1) is 11.8 Å². The monoisotopic (exact) mass is 376 g/mol. The van der Waals surface area contributed by atoms with Crippen LogP contribution in [-0.4, -0.2) is 28.2 Å². The number of nitrogens with one attached hydrogen (secondary N) is 1. The topological polar surface area (TPSA) is 92.4 Å². The van der Waals surface area contributed by atoms with Gasteiger partial charge >= 0.3 is 5.97 Å². The Bertz CT molecular complexity index is 753. The second-order valence-electron chi connectivity index (χ2n) is 6.09. The molecule has 2 aromatic rings. The molecule has 0 fully saturated rings. The van der Waals surface area contributed by atoms with E-state index in [1.165, 1.54) is 11.8 Å². The number of hydrogen-bond acceptors (Lipinski definition) is 5. The molecule has 0 aliphatic carbocycles. The van der Waals surface area contributed by atoms with Crippen LogP contribution in [0.3, 0.4) is 0 Å². The van der Waals surface area contributed by atoms with E-state index in [-0.39, 0.29) is 5.91 Å². The minimum absolute atomic E-state index is 0.365. The first-order chi connectivity index (χ1) is 12.4. The zero-order valence-electron chi connectivity index (χ0n) is 15.2. The molecule has 0 aliphatic rings. The summed E-state index contributed by atoms with van der Waals surface area (Å²) in [5.74, 6) is 0.0226. The Labute approximate surface area is 157 Å². The SMILES string of the molecule is CCCCC(NC(=O)c1ccccc1SCc1c(C)noc1C)C(=O)O. The molecule has 26 heavy (non-hydrogen) atoms. The number of nitrogens with zero attached hydrogens (tertiary/aromatic N) is 1. The van der Waals surface area contributed by atoms with Crippen molar-refractivity contribution in [2.45, 2.75) is 56.7 Å². The van der Waals surface area contributed by atoms with E-state index >= 15 is 0 Å². The highest BCUT2D eigenvalue weighted by molar-refractivity contribution is 7.98. The number of carboxylic acids is 1. The van der Waals surface area contributed by atoms with Crippen molar-refractivity contribution in [3.63, 3.8) is 0 Å². The van der Waals surface area contributed by atoms with Crippen molar-refractivity contribution in [1.29, 1.82) is 0 Å². The fourth-order valence-corrected chi connectivity index (χ4v) is 3.74. The average Bonchev–Trinajstić information content (AvgIpc) is 2.94. The standard InChI is InChI=1S/C19H24N2O4S/c1-4-5-9-16(19(23)24)20-18(22)14-8-6-7-10-17(14)26-11-15-12(2)21-25-13(15)3/h6-8,10,16H,4-5,9,11H2,1-3H3,(H,20,22)(H,23,24). The van der Waals surface area contributed by atoms with Gasteiger partial charge in [-0.25, -0.2) is 4.79 Å². The summed E-state index contributed by atoms with van der Waals surface area (Å²) < 4.78 is 5.17. The maximum Gasteiger partial charge on any atom is 0.326 e. The molecule has 1 atom stereocenters. The number of unbranched alkanes of at least 4 members (excludes halogenated alkanes) is 1. The Balaban J connectivity index is 2.12. The summed E-state index contributed by atoms with van der Waals surface area (Å²) in [5.41, 5.74) is 2.33. The first-order valence-electron chi connectivity index (χ1n) is 8.61. The Hall–Kier alpha value is -2.28. The van der Waals surface area contributed by atoms with Crippen molar-refractivity contribution >= 4 is 23.6 Å². The molecule has 0 spiro atoms. The van der Waals surface area contributed by atoms with E-state index in [1.54, 1.807) is 12.1 Å². The summed E-state index contributed by atoms with van der Waals surface area (Å²) in [5, 5.41) is 15.9. The molecule has 0 saturated carbocycles. The fraction of sp³-hybridized carbons (Fsp3) is 0.421. The molecule has 1 heterocycles. The van der Waals surface area contributed by atoms with Crippen LogP contribution < -0.4 is 5.32 Å². The molecule has 0 saturated heterocycles. The molecule has 2 rings (SSSR count). The van der Waals surface area contributed by atoms with Gasteiger partial charge in [-0.2, -0.15) is 0 Å². The first kappa shape index (κ1) is 20.0. The number of carbonyl (C=O) groups excluding carboxylic acids is 1. The Morgan fingerprint density at radius 1 is 1.31 bits per heavy atom. The van der Waals surface area contributed by atoms with Crippen molar-refractivity contribution in [2.75, 3.05) is 0 Å². The van der Waals surface area contributed by atoms with Crippen LogP contribution in [0.15, 0.2) is 33.7 Å². The second-order valence-corrected chi connectivity index (χ2v) is 7.11. The van der Waals surface area contributed by atoms with E-state index in [0.29, 0.717) is 17.7 Å². The summed E-state index contributed by atoms with van der Waals surface area (Å²) in [6.45, 7) is 5.73. The number of benzene rings is 1. The van der Waals surface area contributed by atoms with Gasteiger partial charge in [-0.05, 0) is 32.4 Å². The molecule has 1 amide bonds. The Kier molecular flexibility index (Phi) is 7.26. The van der Waals surface area contributed by atoms with Gasteiger partial charge in [-0.1, -0.05) is 37.1 Å². The normalized spacial score (nSPS) is 12.0. The largest absolute Gasteiger partial charge is 0.480 e. The van der Waals surface area contributed by atoms with Crippen LogP contribution in [0.2, 0.25) is 0 Å². The minimum Gasteiger partial charge on any atom is -0.480 e. The minimum atomic E-state index is -1.01. The molecule has 2 N–H and O–H groups in total. The van der Waals surface area contributed by atoms with Gasteiger partial charge in [0.1, 0.15) is 11.8 Å². The lowest BCUT2D eigenvalue weighted by Gasteiger charge is -2.15. The van der Waals surface area contributed by atoms with Crippen molar-refractivity contribution in [2.24, 2.45) is 0 Å². The molecule has 1 aromatic carbocycles. The molecular weight excluding hydrogens is 352 g/mol. The van der Waals surface area contributed by atoms with E-state index in [4.69, 9.17) is 4.52 Å². The van der Waals surface area contributed by atoms with Gasteiger partial charge < -0.3 is 14.9 Å². The average molecular weight is 376 g/mol. The molecule has 6 nitrogen and oxygen atoms in total. The molecule has 0 bridgehead atoms. The van der Waals surface area contributed by atoms with Gasteiger partial charge in [0.05, 0.1) is 11.3 Å². The highest BCUT2D eigenvalue weighted by Crippen LogP contribution is 2.28. The summed E-state index contributed by atoms with van der Waals surface area (Å²) in [6.07, 6.45) is 2.05. The highest BCUT2D eigenvalue weighted by atomic mass is 32.2. The first-order valence-corrected chi connectivity index (χ1v) is 9.59. The Morgan fingerprint density at radius 2 is 2.04 bits per heavy atom.